The van der Waals surface area contributed by atoms with Gasteiger partial charge < -0.3 is 20.7 Å². The first-order valence-electron chi connectivity index (χ1n) is 9.12. The van der Waals surface area contributed by atoms with E-state index >= 15 is 0 Å². The van der Waals surface area contributed by atoms with Crippen molar-refractivity contribution in [1.29, 1.82) is 0 Å². The Hall–Kier alpha value is -1.15. The fourth-order valence-corrected chi connectivity index (χ4v) is 4.43. The van der Waals surface area contributed by atoms with Gasteiger partial charge in [-0.1, -0.05) is 13.3 Å². The Balaban J connectivity index is 0.00000243. The molecule has 2 aliphatic rings. The van der Waals surface area contributed by atoms with Crippen LogP contribution in [0.5, 0.6) is 0 Å². The number of hydrogen-bond acceptors (Lipinski definition) is 5. The van der Waals surface area contributed by atoms with Crippen molar-refractivity contribution in [2.45, 2.75) is 63.8 Å². The third-order valence-electron chi connectivity index (χ3n) is 4.97. The number of carbonyl (C=O) groups excluding carboxylic acids is 2. The molecule has 1 saturated heterocycles. The number of thiophene rings is 1. The maximum absolute atomic E-state index is 12.9. The van der Waals surface area contributed by atoms with Crippen LogP contribution in [0.3, 0.4) is 0 Å². The molecule has 1 fully saturated rings. The molecule has 3 rings (SSSR count). The van der Waals surface area contributed by atoms with Crippen molar-refractivity contribution in [1.82, 2.24) is 10.2 Å². The first kappa shape index (κ1) is 21.2. The molecular weight excluding hydrogens is 374 g/mol. The lowest BCUT2D eigenvalue weighted by molar-refractivity contribution is -0.140. The van der Waals surface area contributed by atoms with Gasteiger partial charge in [0.25, 0.3) is 0 Å². The Labute approximate surface area is 164 Å². The van der Waals surface area contributed by atoms with Crippen LogP contribution >= 0.6 is 23.7 Å². The first-order valence-corrected chi connectivity index (χ1v) is 10.00. The number of hydrogen-bond donors (Lipinski definition) is 2. The summed E-state index contributed by atoms with van der Waals surface area (Å²) in [7, 11) is 0. The van der Waals surface area contributed by atoms with Gasteiger partial charge in [-0.3, -0.25) is 9.59 Å². The molecule has 3 N–H and O–H groups in total. The summed E-state index contributed by atoms with van der Waals surface area (Å²) in [6, 6.07) is 1.62. The predicted octanol–water partition coefficient (Wildman–Crippen LogP) is 1.85. The maximum Gasteiger partial charge on any atom is 0.249 e. The zero-order chi connectivity index (χ0) is 17.8. The molecule has 26 heavy (non-hydrogen) atoms. The normalized spacial score (nSPS) is 23.1. The van der Waals surface area contributed by atoms with Crippen molar-refractivity contribution in [3.8, 4) is 0 Å². The van der Waals surface area contributed by atoms with Crippen molar-refractivity contribution in [2.24, 2.45) is 5.73 Å². The molecule has 1 aromatic heterocycles. The molecule has 3 heterocycles. The molecule has 0 saturated carbocycles. The van der Waals surface area contributed by atoms with Crippen molar-refractivity contribution in [3.05, 3.63) is 21.9 Å². The van der Waals surface area contributed by atoms with Gasteiger partial charge >= 0.3 is 0 Å². The van der Waals surface area contributed by atoms with E-state index in [9.17, 15) is 9.59 Å². The van der Waals surface area contributed by atoms with E-state index in [1.54, 1.807) is 11.3 Å². The first-order chi connectivity index (χ1) is 12.1. The van der Waals surface area contributed by atoms with Crippen LogP contribution in [0.1, 0.15) is 43.0 Å². The molecule has 1 unspecified atom stereocenters. The number of carbonyl (C=O) groups is 2. The van der Waals surface area contributed by atoms with Gasteiger partial charge in [0.15, 0.2) is 0 Å². The quantitative estimate of drug-likeness (QED) is 0.761. The number of amides is 2. The minimum Gasteiger partial charge on any atom is -0.364 e. The van der Waals surface area contributed by atoms with E-state index < -0.39 is 12.1 Å². The highest BCUT2D eigenvalue weighted by Gasteiger charge is 2.34. The van der Waals surface area contributed by atoms with Gasteiger partial charge in [-0.15, -0.1) is 23.7 Å². The van der Waals surface area contributed by atoms with Gasteiger partial charge in [0, 0.05) is 24.5 Å². The van der Waals surface area contributed by atoms with Crippen LogP contribution < -0.4 is 11.1 Å². The molecule has 2 aliphatic heterocycles. The topological polar surface area (TPSA) is 84.7 Å². The third-order valence-corrected chi connectivity index (χ3v) is 6.00. The minimum atomic E-state index is -0.481. The highest BCUT2D eigenvalue weighted by molar-refractivity contribution is 7.10. The van der Waals surface area contributed by atoms with Gasteiger partial charge in [-0.05, 0) is 42.7 Å². The minimum absolute atomic E-state index is 0. The number of fused-ring (bicyclic) bond motifs is 1. The Morgan fingerprint density at radius 2 is 2.27 bits per heavy atom. The molecule has 146 valence electrons. The van der Waals surface area contributed by atoms with Crippen LogP contribution in [-0.4, -0.2) is 48.1 Å². The van der Waals surface area contributed by atoms with Crippen molar-refractivity contribution in [3.63, 3.8) is 0 Å². The smallest absolute Gasteiger partial charge is 0.249 e. The van der Waals surface area contributed by atoms with Crippen LogP contribution in [0.2, 0.25) is 0 Å². The molecule has 0 bridgehead atoms. The molecule has 0 aliphatic carbocycles. The Morgan fingerprint density at radius 1 is 1.46 bits per heavy atom. The average Bonchev–Trinajstić information content (AvgIpc) is 3.28. The maximum atomic E-state index is 12.9. The van der Waals surface area contributed by atoms with E-state index in [0.717, 1.165) is 25.8 Å². The molecule has 0 aromatic carbocycles. The number of rotatable bonds is 6. The highest BCUT2D eigenvalue weighted by atomic mass is 35.5. The number of nitrogens with zero attached hydrogens (tertiary/aromatic N) is 1. The fraction of sp³-hybridized carbons (Fsp3) is 0.667. The van der Waals surface area contributed by atoms with E-state index in [1.165, 1.54) is 10.4 Å². The van der Waals surface area contributed by atoms with Gasteiger partial charge in [-0.25, -0.2) is 0 Å². The van der Waals surface area contributed by atoms with Crippen molar-refractivity contribution < 1.29 is 14.3 Å². The summed E-state index contributed by atoms with van der Waals surface area (Å²) in [6.07, 6.45) is 3.32. The van der Waals surface area contributed by atoms with E-state index in [0.29, 0.717) is 25.9 Å². The van der Waals surface area contributed by atoms with E-state index in [1.807, 2.05) is 11.8 Å². The van der Waals surface area contributed by atoms with E-state index in [-0.39, 0.29) is 30.3 Å². The Morgan fingerprint density at radius 3 is 2.96 bits per heavy atom. The van der Waals surface area contributed by atoms with Crippen LogP contribution in [-0.2, 0) is 27.3 Å². The summed E-state index contributed by atoms with van der Waals surface area (Å²) in [5.41, 5.74) is 6.84. The Kier molecular flexibility index (Phi) is 7.88. The van der Waals surface area contributed by atoms with Crippen molar-refractivity contribution >= 4 is 35.6 Å². The number of nitrogens with one attached hydrogen (secondary N) is 1. The molecule has 2 amide bonds. The van der Waals surface area contributed by atoms with Gasteiger partial charge in [-0.2, -0.15) is 0 Å². The second-order valence-corrected chi connectivity index (χ2v) is 7.79. The lowest BCUT2D eigenvalue weighted by Crippen LogP contribution is -2.51. The predicted molar refractivity (Wildman–Crippen MR) is 104 cm³/mol. The summed E-state index contributed by atoms with van der Waals surface area (Å²) in [5, 5.41) is 5.00. The highest BCUT2D eigenvalue weighted by Crippen LogP contribution is 2.25. The molecule has 3 atom stereocenters. The zero-order valence-corrected chi connectivity index (χ0v) is 16.7. The van der Waals surface area contributed by atoms with Crippen LogP contribution in [0, 0.1) is 0 Å². The van der Waals surface area contributed by atoms with Gasteiger partial charge in [0.2, 0.25) is 11.8 Å². The Bertz CT molecular complexity index is 625. The standard InChI is InChI=1S/C18H27N3O3S.ClH/c1-2-3-14(20-17(22)15-5-4-13(10-19)24-15)18(23)21-8-6-16-12(11-21)7-9-25-16;/h7,9,13-15H,2-6,8,10-11,19H2,1H3,(H,20,22);1H/t13-,14?,15+;/m1./s1. The largest absolute Gasteiger partial charge is 0.364 e. The second kappa shape index (κ2) is 9.69. The molecular formula is C18H28ClN3O3S. The van der Waals surface area contributed by atoms with Crippen LogP contribution in [0.25, 0.3) is 0 Å². The lowest BCUT2D eigenvalue weighted by Gasteiger charge is -2.31. The lowest BCUT2D eigenvalue weighted by atomic mass is 10.1. The monoisotopic (exact) mass is 401 g/mol. The van der Waals surface area contributed by atoms with Gasteiger partial charge in [0.1, 0.15) is 12.1 Å². The molecule has 8 heteroatoms. The molecule has 0 spiro atoms. The summed E-state index contributed by atoms with van der Waals surface area (Å²) in [6.45, 7) is 3.81. The number of halogens is 1. The molecule has 1 aromatic rings. The van der Waals surface area contributed by atoms with E-state index in [2.05, 4.69) is 16.8 Å². The van der Waals surface area contributed by atoms with Crippen molar-refractivity contribution in [2.75, 3.05) is 13.1 Å². The SMILES string of the molecule is CCCC(NC(=O)[C@@H]1CC[C@H](CN)O1)C(=O)N1CCc2sccc2C1.Cl. The third kappa shape index (κ3) is 4.76. The zero-order valence-electron chi connectivity index (χ0n) is 15.1. The summed E-state index contributed by atoms with van der Waals surface area (Å²) in [4.78, 5) is 28.7. The number of nitrogens with two attached hydrogens (primary N) is 1. The summed E-state index contributed by atoms with van der Waals surface area (Å²) in [5.74, 6) is -0.170. The summed E-state index contributed by atoms with van der Waals surface area (Å²) >= 11 is 1.75. The van der Waals surface area contributed by atoms with Gasteiger partial charge in [0.05, 0.1) is 6.10 Å². The van der Waals surface area contributed by atoms with Crippen LogP contribution in [0.15, 0.2) is 11.4 Å². The van der Waals surface area contributed by atoms with Crippen LogP contribution in [0.4, 0.5) is 0 Å². The summed E-state index contributed by atoms with van der Waals surface area (Å²) < 4.78 is 5.65. The molecule has 6 nitrogen and oxygen atoms in total. The molecule has 0 radical (unpaired) electrons. The average molecular weight is 402 g/mol. The van der Waals surface area contributed by atoms with E-state index in [4.69, 9.17) is 10.5 Å². The fourth-order valence-electron chi connectivity index (χ4n) is 3.54. The number of ether oxygens (including phenoxy) is 1. The second-order valence-electron chi connectivity index (χ2n) is 6.79.